The van der Waals surface area contributed by atoms with Gasteiger partial charge in [-0.05, 0) is 31.0 Å². The van der Waals surface area contributed by atoms with E-state index in [1.165, 1.54) is 12.1 Å². The predicted molar refractivity (Wildman–Crippen MR) is 51.3 cm³/mol. The van der Waals surface area contributed by atoms with Gasteiger partial charge in [-0.2, -0.15) is 0 Å². The van der Waals surface area contributed by atoms with E-state index in [1.54, 1.807) is 13.0 Å². The highest BCUT2D eigenvalue weighted by Crippen LogP contribution is 2.27. The number of halogens is 2. The number of hydrogen-bond acceptors (Lipinski definition) is 1. The minimum atomic E-state index is -0.933. The van der Waals surface area contributed by atoms with E-state index in [2.05, 4.69) is 0 Å². The maximum atomic E-state index is 12.8. The number of benzene rings is 1. The Kier molecular flexibility index (Phi) is 2.94. The molecule has 0 unspecified atom stereocenters. The Balaban J connectivity index is 3.10. The van der Waals surface area contributed by atoms with Crippen molar-refractivity contribution in [3.05, 3.63) is 34.6 Å². The molecule has 0 saturated carbocycles. The van der Waals surface area contributed by atoms with Crippen molar-refractivity contribution in [2.45, 2.75) is 25.9 Å². The average Bonchev–Trinajstić information content (AvgIpc) is 2.09. The summed E-state index contributed by atoms with van der Waals surface area (Å²) < 4.78 is 12.8. The van der Waals surface area contributed by atoms with Crippen molar-refractivity contribution < 1.29 is 9.50 Å². The van der Waals surface area contributed by atoms with Gasteiger partial charge in [-0.3, -0.25) is 0 Å². The third-order valence-electron chi connectivity index (χ3n) is 2.23. The largest absolute Gasteiger partial charge is 0.385 e. The maximum Gasteiger partial charge on any atom is 0.141 e. The molecule has 13 heavy (non-hydrogen) atoms. The average molecular weight is 203 g/mol. The van der Waals surface area contributed by atoms with Gasteiger partial charge < -0.3 is 5.11 Å². The van der Waals surface area contributed by atoms with Gasteiger partial charge in [0.05, 0.1) is 10.6 Å². The van der Waals surface area contributed by atoms with E-state index >= 15 is 0 Å². The molecule has 72 valence electrons. The van der Waals surface area contributed by atoms with Crippen LogP contribution in [0.4, 0.5) is 4.39 Å². The molecule has 1 atom stereocenters. The van der Waals surface area contributed by atoms with Gasteiger partial charge in [0.1, 0.15) is 5.82 Å². The lowest BCUT2D eigenvalue weighted by Gasteiger charge is -2.21. The standard InChI is InChI=1S/C10H12ClFO/c1-3-10(2,13)7-4-5-9(12)8(11)6-7/h4-6,13H,3H2,1-2H3/t10-/m0/s1. The molecule has 3 heteroatoms. The highest BCUT2D eigenvalue weighted by atomic mass is 35.5. The maximum absolute atomic E-state index is 12.8. The van der Waals surface area contributed by atoms with E-state index in [-0.39, 0.29) is 5.02 Å². The van der Waals surface area contributed by atoms with E-state index in [0.717, 1.165) is 0 Å². The third kappa shape index (κ3) is 2.20. The lowest BCUT2D eigenvalue weighted by molar-refractivity contribution is 0.0530. The van der Waals surface area contributed by atoms with E-state index in [1.807, 2.05) is 6.92 Å². The van der Waals surface area contributed by atoms with Crippen molar-refractivity contribution in [3.8, 4) is 0 Å². The Bertz CT molecular complexity index is 310. The summed E-state index contributed by atoms with van der Waals surface area (Å²) in [4.78, 5) is 0. The minimum Gasteiger partial charge on any atom is -0.385 e. The van der Waals surface area contributed by atoms with Crippen LogP contribution >= 0.6 is 11.6 Å². The molecule has 0 saturated heterocycles. The van der Waals surface area contributed by atoms with Crippen molar-refractivity contribution in [2.75, 3.05) is 0 Å². The zero-order chi connectivity index (χ0) is 10.1. The van der Waals surface area contributed by atoms with Crippen molar-refractivity contribution >= 4 is 11.6 Å². The Morgan fingerprint density at radius 3 is 2.62 bits per heavy atom. The Labute approximate surface area is 82.2 Å². The van der Waals surface area contributed by atoms with Crippen molar-refractivity contribution in [1.82, 2.24) is 0 Å². The normalized spacial score (nSPS) is 15.5. The molecule has 1 N–H and O–H groups in total. The van der Waals surface area contributed by atoms with E-state index in [4.69, 9.17) is 11.6 Å². The Morgan fingerprint density at radius 1 is 1.54 bits per heavy atom. The fourth-order valence-corrected chi connectivity index (χ4v) is 1.22. The Morgan fingerprint density at radius 2 is 2.15 bits per heavy atom. The van der Waals surface area contributed by atoms with Crippen LogP contribution in [0.5, 0.6) is 0 Å². The van der Waals surface area contributed by atoms with Gasteiger partial charge in [0.2, 0.25) is 0 Å². The van der Waals surface area contributed by atoms with Crippen LogP contribution in [0.1, 0.15) is 25.8 Å². The van der Waals surface area contributed by atoms with Gasteiger partial charge in [-0.25, -0.2) is 4.39 Å². The van der Waals surface area contributed by atoms with Gasteiger partial charge >= 0.3 is 0 Å². The van der Waals surface area contributed by atoms with E-state index < -0.39 is 11.4 Å². The van der Waals surface area contributed by atoms with E-state index in [9.17, 15) is 9.50 Å². The van der Waals surface area contributed by atoms with Gasteiger partial charge in [0.15, 0.2) is 0 Å². The summed E-state index contributed by atoms with van der Waals surface area (Å²) in [6, 6.07) is 4.27. The van der Waals surface area contributed by atoms with Crippen molar-refractivity contribution in [1.29, 1.82) is 0 Å². The van der Waals surface area contributed by atoms with Crippen molar-refractivity contribution in [2.24, 2.45) is 0 Å². The lowest BCUT2D eigenvalue weighted by atomic mass is 9.93. The first-order valence-electron chi connectivity index (χ1n) is 4.15. The molecular weight excluding hydrogens is 191 g/mol. The summed E-state index contributed by atoms with van der Waals surface area (Å²) in [6.45, 7) is 3.54. The molecule has 0 aliphatic heterocycles. The summed E-state index contributed by atoms with van der Waals surface area (Å²) in [5.74, 6) is -0.461. The molecule has 0 aromatic heterocycles. The molecule has 0 heterocycles. The third-order valence-corrected chi connectivity index (χ3v) is 2.52. The number of aliphatic hydroxyl groups is 1. The number of hydrogen-bond donors (Lipinski definition) is 1. The molecule has 1 nitrogen and oxygen atoms in total. The highest BCUT2D eigenvalue weighted by Gasteiger charge is 2.21. The Hall–Kier alpha value is -0.600. The molecule has 0 aliphatic rings. The van der Waals surface area contributed by atoms with Crippen LogP contribution in [0.25, 0.3) is 0 Å². The number of rotatable bonds is 2. The summed E-state index contributed by atoms with van der Waals surface area (Å²) in [5.41, 5.74) is -0.293. The van der Waals surface area contributed by atoms with Gasteiger partial charge in [-0.15, -0.1) is 0 Å². The van der Waals surface area contributed by atoms with Crippen LogP contribution in [0.2, 0.25) is 5.02 Å². The van der Waals surface area contributed by atoms with Crippen LogP contribution in [0, 0.1) is 5.82 Å². The summed E-state index contributed by atoms with van der Waals surface area (Å²) in [7, 11) is 0. The van der Waals surface area contributed by atoms with Crippen LogP contribution in [0.3, 0.4) is 0 Å². The molecule has 0 aliphatic carbocycles. The van der Waals surface area contributed by atoms with Crippen LogP contribution in [-0.2, 0) is 5.60 Å². The molecule has 0 bridgehead atoms. The quantitative estimate of drug-likeness (QED) is 0.782. The first-order chi connectivity index (χ1) is 5.97. The van der Waals surface area contributed by atoms with Crippen molar-refractivity contribution in [3.63, 3.8) is 0 Å². The molecular formula is C10H12ClFO. The first kappa shape index (κ1) is 10.5. The monoisotopic (exact) mass is 202 g/mol. The molecule has 1 aromatic rings. The fraction of sp³-hybridized carbons (Fsp3) is 0.400. The fourth-order valence-electron chi connectivity index (χ4n) is 1.04. The van der Waals surface area contributed by atoms with Gasteiger partial charge in [0, 0.05) is 0 Å². The minimum absolute atomic E-state index is 0.0474. The zero-order valence-electron chi connectivity index (χ0n) is 7.64. The summed E-state index contributed by atoms with van der Waals surface area (Å²) in [6.07, 6.45) is 0.564. The molecule has 1 rings (SSSR count). The molecule has 0 spiro atoms. The topological polar surface area (TPSA) is 20.2 Å². The molecule has 0 fully saturated rings. The first-order valence-corrected chi connectivity index (χ1v) is 4.53. The second-order valence-corrected chi connectivity index (χ2v) is 3.66. The zero-order valence-corrected chi connectivity index (χ0v) is 8.40. The van der Waals surface area contributed by atoms with Crippen LogP contribution < -0.4 is 0 Å². The SMILES string of the molecule is CC[C@](C)(O)c1ccc(F)c(Cl)c1. The predicted octanol–water partition coefficient (Wildman–Crippen LogP) is 3.10. The second kappa shape index (κ2) is 3.64. The second-order valence-electron chi connectivity index (χ2n) is 3.26. The summed E-state index contributed by atoms with van der Waals surface area (Å²) in [5, 5.41) is 9.88. The highest BCUT2D eigenvalue weighted by molar-refractivity contribution is 6.30. The molecule has 0 amide bonds. The van der Waals surface area contributed by atoms with Gasteiger partial charge in [-0.1, -0.05) is 24.6 Å². The smallest absolute Gasteiger partial charge is 0.141 e. The lowest BCUT2D eigenvalue weighted by Crippen LogP contribution is -2.19. The van der Waals surface area contributed by atoms with Gasteiger partial charge in [0.25, 0.3) is 0 Å². The molecule has 1 aromatic carbocycles. The van der Waals surface area contributed by atoms with Crippen LogP contribution in [0.15, 0.2) is 18.2 Å². The molecule has 0 radical (unpaired) electrons. The summed E-state index contributed by atoms with van der Waals surface area (Å²) >= 11 is 5.59. The van der Waals surface area contributed by atoms with E-state index in [0.29, 0.717) is 12.0 Å². The van der Waals surface area contributed by atoms with Crippen LogP contribution in [-0.4, -0.2) is 5.11 Å².